The first-order chi connectivity index (χ1) is 7.63. The molecule has 17 heavy (non-hydrogen) atoms. The normalized spacial score (nSPS) is 12.6. The Bertz CT molecular complexity index is 392. The molecule has 5 heteroatoms. The summed E-state index contributed by atoms with van der Waals surface area (Å²) >= 11 is 0. The highest BCUT2D eigenvalue weighted by Gasteiger charge is 2.31. The summed E-state index contributed by atoms with van der Waals surface area (Å²) in [5.74, 6) is -0.342. The third kappa shape index (κ3) is 3.93. The fraction of sp³-hybridized carbons (Fsp3) is 0.417. The third-order valence-corrected chi connectivity index (χ3v) is 2.20. The Labute approximate surface area is 98.0 Å². The van der Waals surface area contributed by atoms with Crippen molar-refractivity contribution >= 4 is 0 Å². The zero-order chi connectivity index (χ0) is 13.3. The molecule has 0 unspecified atom stereocenters. The van der Waals surface area contributed by atoms with Gasteiger partial charge in [-0.15, -0.1) is 13.2 Å². The Hall–Kier alpha value is -1.23. The Morgan fingerprint density at radius 3 is 2.18 bits per heavy atom. The van der Waals surface area contributed by atoms with Gasteiger partial charge in [-0.1, -0.05) is 26.8 Å². The van der Waals surface area contributed by atoms with Crippen molar-refractivity contribution in [1.29, 1.82) is 0 Å². The van der Waals surface area contributed by atoms with Gasteiger partial charge in [-0.2, -0.15) is 0 Å². The molecule has 0 aromatic heterocycles. The van der Waals surface area contributed by atoms with E-state index in [0.29, 0.717) is 5.56 Å². The van der Waals surface area contributed by atoms with Gasteiger partial charge in [-0.05, 0) is 28.7 Å². The lowest BCUT2D eigenvalue weighted by Crippen LogP contribution is -2.18. The highest BCUT2D eigenvalue weighted by atomic mass is 19.4. The van der Waals surface area contributed by atoms with Crippen LogP contribution in [0.4, 0.5) is 13.2 Å². The standard InChI is InChI=1S/C12H14F3O2/c1-11(2,3)10-5-4-9(6-8(10)7-16)17-12(13,14)15/h4-7,16H,1-3H3. The zero-order valence-electron chi connectivity index (χ0n) is 9.80. The molecule has 1 rings (SSSR count). The maximum absolute atomic E-state index is 12.0. The lowest BCUT2D eigenvalue weighted by atomic mass is 9.84. The molecule has 0 saturated heterocycles. The van der Waals surface area contributed by atoms with Crippen molar-refractivity contribution in [3.63, 3.8) is 0 Å². The van der Waals surface area contributed by atoms with Gasteiger partial charge in [0.25, 0.3) is 0 Å². The van der Waals surface area contributed by atoms with E-state index in [9.17, 15) is 13.2 Å². The van der Waals surface area contributed by atoms with Crippen LogP contribution >= 0.6 is 0 Å². The van der Waals surface area contributed by atoms with Crippen molar-refractivity contribution in [2.24, 2.45) is 0 Å². The van der Waals surface area contributed by atoms with Crippen molar-refractivity contribution < 1.29 is 23.0 Å². The lowest BCUT2D eigenvalue weighted by molar-refractivity contribution is -0.274. The number of rotatable bonds is 2. The minimum Gasteiger partial charge on any atom is -0.406 e. The second kappa shape index (κ2) is 4.56. The second-order valence-corrected chi connectivity index (χ2v) is 4.68. The minimum atomic E-state index is -4.73. The predicted octanol–water partition coefficient (Wildman–Crippen LogP) is 3.77. The Morgan fingerprint density at radius 1 is 1.18 bits per heavy atom. The van der Waals surface area contributed by atoms with Gasteiger partial charge in [0.05, 0.1) is 0 Å². The van der Waals surface area contributed by atoms with E-state index in [4.69, 9.17) is 5.11 Å². The van der Waals surface area contributed by atoms with Gasteiger partial charge in [-0.3, -0.25) is 0 Å². The largest absolute Gasteiger partial charge is 0.573 e. The maximum atomic E-state index is 12.0. The summed E-state index contributed by atoms with van der Waals surface area (Å²) < 4.78 is 39.8. The molecule has 1 aromatic rings. The fourth-order valence-electron chi connectivity index (χ4n) is 1.53. The Morgan fingerprint density at radius 2 is 1.76 bits per heavy atom. The lowest BCUT2D eigenvalue weighted by Gasteiger charge is -2.22. The van der Waals surface area contributed by atoms with E-state index < -0.39 is 6.36 Å². The first-order valence-corrected chi connectivity index (χ1v) is 5.01. The van der Waals surface area contributed by atoms with Crippen LogP contribution in [0, 0.1) is 6.61 Å². The minimum absolute atomic E-state index is 0.272. The number of alkyl halides is 3. The summed E-state index contributed by atoms with van der Waals surface area (Å²) in [7, 11) is 0. The monoisotopic (exact) mass is 247 g/mol. The van der Waals surface area contributed by atoms with E-state index in [2.05, 4.69) is 4.74 Å². The van der Waals surface area contributed by atoms with Gasteiger partial charge in [-0.25, -0.2) is 0 Å². The number of aliphatic hydroxyl groups excluding tert-OH is 1. The molecule has 0 amide bonds. The van der Waals surface area contributed by atoms with Crippen LogP contribution < -0.4 is 4.74 Å². The second-order valence-electron chi connectivity index (χ2n) is 4.68. The van der Waals surface area contributed by atoms with E-state index in [1.807, 2.05) is 20.8 Å². The molecule has 1 radical (unpaired) electrons. The number of benzene rings is 1. The van der Waals surface area contributed by atoms with Gasteiger partial charge < -0.3 is 9.84 Å². The topological polar surface area (TPSA) is 29.5 Å². The number of halogens is 3. The van der Waals surface area contributed by atoms with Crippen molar-refractivity contribution in [3.05, 3.63) is 35.9 Å². The van der Waals surface area contributed by atoms with Crippen LogP contribution in [0.1, 0.15) is 31.9 Å². The van der Waals surface area contributed by atoms with Crippen LogP contribution in [0.5, 0.6) is 5.75 Å². The summed E-state index contributed by atoms with van der Waals surface area (Å²) in [4.78, 5) is 0. The smallest absolute Gasteiger partial charge is 0.406 e. The zero-order valence-corrected chi connectivity index (χ0v) is 9.80. The molecule has 0 aliphatic rings. The molecule has 0 aliphatic carbocycles. The van der Waals surface area contributed by atoms with Gasteiger partial charge in [0.1, 0.15) is 12.4 Å². The number of hydrogen-bond donors (Lipinski definition) is 1. The van der Waals surface area contributed by atoms with Gasteiger partial charge >= 0.3 is 6.36 Å². The molecule has 1 N–H and O–H groups in total. The molecular formula is C12H14F3O2. The number of hydrogen-bond acceptors (Lipinski definition) is 2. The van der Waals surface area contributed by atoms with Crippen molar-refractivity contribution in [3.8, 4) is 5.75 Å². The molecular weight excluding hydrogens is 233 g/mol. The van der Waals surface area contributed by atoms with E-state index in [1.165, 1.54) is 12.1 Å². The summed E-state index contributed by atoms with van der Waals surface area (Å²) in [6.07, 6.45) is -4.73. The van der Waals surface area contributed by atoms with Crippen LogP contribution in [-0.4, -0.2) is 11.5 Å². The van der Waals surface area contributed by atoms with Crippen LogP contribution in [0.2, 0.25) is 0 Å². The molecule has 0 atom stereocenters. The van der Waals surface area contributed by atoms with Crippen molar-refractivity contribution in [2.75, 3.05) is 0 Å². The van der Waals surface area contributed by atoms with Crippen LogP contribution in [0.25, 0.3) is 0 Å². The van der Waals surface area contributed by atoms with E-state index in [0.717, 1.165) is 18.2 Å². The average molecular weight is 247 g/mol. The highest BCUT2D eigenvalue weighted by molar-refractivity contribution is 5.42. The Kier molecular flexibility index (Phi) is 3.71. The third-order valence-electron chi connectivity index (χ3n) is 2.20. The molecule has 95 valence electrons. The average Bonchev–Trinajstić information content (AvgIpc) is 2.13. The molecule has 0 saturated carbocycles. The Balaban J connectivity index is 3.09. The van der Waals surface area contributed by atoms with Gasteiger partial charge in [0.15, 0.2) is 0 Å². The van der Waals surface area contributed by atoms with Crippen LogP contribution in [0.15, 0.2) is 18.2 Å². The molecule has 1 aromatic carbocycles. The van der Waals surface area contributed by atoms with E-state index >= 15 is 0 Å². The molecule has 0 fully saturated rings. The van der Waals surface area contributed by atoms with Crippen molar-refractivity contribution in [1.82, 2.24) is 0 Å². The van der Waals surface area contributed by atoms with Gasteiger partial charge in [0.2, 0.25) is 0 Å². The quantitative estimate of drug-likeness (QED) is 0.862. The maximum Gasteiger partial charge on any atom is 0.573 e. The van der Waals surface area contributed by atoms with Crippen LogP contribution in [-0.2, 0) is 5.41 Å². The molecule has 0 aliphatic heterocycles. The molecule has 2 nitrogen and oxygen atoms in total. The number of ether oxygens (including phenoxy) is 1. The fourth-order valence-corrected chi connectivity index (χ4v) is 1.53. The molecule has 0 spiro atoms. The number of aliphatic hydroxyl groups is 1. The first-order valence-electron chi connectivity index (χ1n) is 5.01. The van der Waals surface area contributed by atoms with Gasteiger partial charge in [0, 0.05) is 0 Å². The van der Waals surface area contributed by atoms with E-state index in [1.54, 1.807) is 0 Å². The highest BCUT2D eigenvalue weighted by Crippen LogP contribution is 2.31. The van der Waals surface area contributed by atoms with E-state index in [-0.39, 0.29) is 11.2 Å². The molecule has 0 bridgehead atoms. The summed E-state index contributed by atoms with van der Waals surface area (Å²) in [5.41, 5.74) is 0.791. The summed E-state index contributed by atoms with van der Waals surface area (Å²) in [6.45, 7) is 6.49. The summed E-state index contributed by atoms with van der Waals surface area (Å²) in [5, 5.41) is 9.04. The first kappa shape index (κ1) is 13.8. The van der Waals surface area contributed by atoms with Crippen molar-refractivity contribution in [2.45, 2.75) is 32.5 Å². The van der Waals surface area contributed by atoms with Crippen LogP contribution in [0.3, 0.4) is 0 Å². The summed E-state index contributed by atoms with van der Waals surface area (Å²) in [6, 6.07) is 3.91. The predicted molar refractivity (Wildman–Crippen MR) is 57.2 cm³/mol. The molecule has 0 heterocycles. The SMILES string of the molecule is CC(C)(C)c1ccc(OC(F)(F)F)cc1[CH]O.